The zero-order valence-electron chi connectivity index (χ0n) is 11.1. The first-order valence-electron chi connectivity index (χ1n) is 6.60. The van der Waals surface area contributed by atoms with Gasteiger partial charge in [-0.1, -0.05) is 15.9 Å². The van der Waals surface area contributed by atoms with Gasteiger partial charge in [-0.2, -0.15) is 0 Å². The number of piperidine rings is 1. The quantitative estimate of drug-likeness (QED) is 0.822. The first-order valence-corrected chi connectivity index (χ1v) is 7.39. The van der Waals surface area contributed by atoms with Gasteiger partial charge in [0, 0.05) is 29.7 Å². The maximum atomic E-state index is 12.4. The van der Waals surface area contributed by atoms with Crippen LogP contribution in [0.5, 0.6) is 0 Å². The van der Waals surface area contributed by atoms with Gasteiger partial charge in [0.05, 0.1) is 5.56 Å². The van der Waals surface area contributed by atoms with Gasteiger partial charge >= 0.3 is 0 Å². The van der Waals surface area contributed by atoms with Crippen LogP contribution in [0.4, 0.5) is 5.69 Å². The molecular formula is C14H18BrN3O2. The van der Waals surface area contributed by atoms with Crippen molar-refractivity contribution >= 4 is 33.4 Å². The lowest BCUT2D eigenvalue weighted by molar-refractivity contribution is -0.119. The van der Waals surface area contributed by atoms with Gasteiger partial charge in [-0.25, -0.2) is 0 Å². The highest BCUT2D eigenvalue weighted by molar-refractivity contribution is 9.10. The highest BCUT2D eigenvalue weighted by Crippen LogP contribution is 2.24. The molecule has 0 spiro atoms. The number of hydrogen-bond donors (Lipinski definition) is 2. The average molecular weight is 340 g/mol. The molecule has 1 aliphatic heterocycles. The number of nitrogens with two attached hydrogens (primary N) is 2. The second kappa shape index (κ2) is 6.26. The number of halogens is 1. The van der Waals surface area contributed by atoms with Crippen molar-refractivity contribution in [2.75, 3.05) is 18.8 Å². The van der Waals surface area contributed by atoms with Gasteiger partial charge in [-0.05, 0) is 37.0 Å². The van der Waals surface area contributed by atoms with E-state index in [0.29, 0.717) is 36.7 Å². The molecule has 1 saturated heterocycles. The minimum atomic E-state index is -0.271. The number of anilines is 1. The van der Waals surface area contributed by atoms with Gasteiger partial charge in [0.25, 0.3) is 5.91 Å². The summed E-state index contributed by atoms with van der Waals surface area (Å²) in [6.07, 6.45) is 2.03. The molecule has 1 aliphatic rings. The molecule has 6 heteroatoms. The van der Waals surface area contributed by atoms with Crippen LogP contribution in [0, 0.1) is 5.92 Å². The second-order valence-electron chi connectivity index (χ2n) is 5.14. The smallest absolute Gasteiger partial charge is 0.255 e. The largest absolute Gasteiger partial charge is 0.398 e. The van der Waals surface area contributed by atoms with Gasteiger partial charge in [0.2, 0.25) is 5.91 Å². The monoisotopic (exact) mass is 339 g/mol. The Morgan fingerprint density at radius 3 is 2.50 bits per heavy atom. The number of amides is 2. The number of benzene rings is 1. The van der Waals surface area contributed by atoms with E-state index in [-0.39, 0.29) is 11.8 Å². The SMILES string of the molecule is NC(=O)CC1CCN(C(=O)c2ccc(Br)cc2N)CC1. The predicted molar refractivity (Wildman–Crippen MR) is 81.0 cm³/mol. The van der Waals surface area contributed by atoms with Crippen LogP contribution in [0.2, 0.25) is 0 Å². The number of nitrogens with zero attached hydrogens (tertiary/aromatic N) is 1. The minimum Gasteiger partial charge on any atom is -0.398 e. The van der Waals surface area contributed by atoms with E-state index in [0.717, 1.165) is 17.3 Å². The first kappa shape index (κ1) is 14.8. The molecule has 1 aromatic carbocycles. The number of rotatable bonds is 3. The highest BCUT2D eigenvalue weighted by Gasteiger charge is 2.25. The molecule has 0 saturated carbocycles. The molecule has 1 aromatic rings. The van der Waals surface area contributed by atoms with Crippen molar-refractivity contribution in [2.24, 2.45) is 11.7 Å². The summed E-state index contributed by atoms with van der Waals surface area (Å²) in [6, 6.07) is 5.27. The van der Waals surface area contributed by atoms with E-state index in [2.05, 4.69) is 15.9 Å². The van der Waals surface area contributed by atoms with Crippen LogP contribution in [-0.4, -0.2) is 29.8 Å². The van der Waals surface area contributed by atoms with Crippen molar-refractivity contribution in [3.63, 3.8) is 0 Å². The van der Waals surface area contributed by atoms with E-state index in [9.17, 15) is 9.59 Å². The van der Waals surface area contributed by atoms with Crippen LogP contribution in [0.3, 0.4) is 0 Å². The number of hydrogen-bond acceptors (Lipinski definition) is 3. The summed E-state index contributed by atoms with van der Waals surface area (Å²) in [5.41, 5.74) is 12.1. The zero-order valence-corrected chi connectivity index (χ0v) is 12.7. The second-order valence-corrected chi connectivity index (χ2v) is 6.05. The summed E-state index contributed by atoms with van der Waals surface area (Å²) < 4.78 is 0.853. The summed E-state index contributed by atoms with van der Waals surface area (Å²) in [7, 11) is 0. The highest BCUT2D eigenvalue weighted by atomic mass is 79.9. The molecule has 1 heterocycles. The van der Waals surface area contributed by atoms with Crippen LogP contribution in [0.25, 0.3) is 0 Å². The normalized spacial score (nSPS) is 16.1. The summed E-state index contributed by atoms with van der Waals surface area (Å²) >= 11 is 3.32. The summed E-state index contributed by atoms with van der Waals surface area (Å²) in [5.74, 6) is -0.0294. The molecule has 0 aromatic heterocycles. The third-order valence-electron chi connectivity index (χ3n) is 3.64. The minimum absolute atomic E-state index is 0.0486. The Hall–Kier alpha value is -1.56. The Morgan fingerprint density at radius 2 is 1.95 bits per heavy atom. The Bertz CT molecular complexity index is 525. The number of nitrogen functional groups attached to an aromatic ring is 1. The Kier molecular flexibility index (Phi) is 4.65. The fourth-order valence-electron chi connectivity index (χ4n) is 2.52. The molecule has 0 atom stereocenters. The molecular weight excluding hydrogens is 322 g/mol. The lowest BCUT2D eigenvalue weighted by Gasteiger charge is -2.31. The molecule has 4 N–H and O–H groups in total. The molecule has 1 fully saturated rings. The molecule has 0 radical (unpaired) electrons. The van der Waals surface area contributed by atoms with Gasteiger partial charge in [-0.15, -0.1) is 0 Å². The maximum absolute atomic E-state index is 12.4. The van der Waals surface area contributed by atoms with E-state index >= 15 is 0 Å². The Labute approximate surface area is 126 Å². The summed E-state index contributed by atoms with van der Waals surface area (Å²) in [4.78, 5) is 25.1. The van der Waals surface area contributed by atoms with Crippen molar-refractivity contribution in [3.05, 3.63) is 28.2 Å². The van der Waals surface area contributed by atoms with Crippen molar-refractivity contribution in [1.29, 1.82) is 0 Å². The number of carbonyl (C=O) groups excluding carboxylic acids is 2. The van der Waals surface area contributed by atoms with Crippen molar-refractivity contribution in [1.82, 2.24) is 4.90 Å². The third kappa shape index (κ3) is 3.50. The third-order valence-corrected chi connectivity index (χ3v) is 4.13. The van der Waals surface area contributed by atoms with E-state index in [1.807, 2.05) is 6.07 Å². The zero-order chi connectivity index (χ0) is 14.7. The van der Waals surface area contributed by atoms with Crippen molar-refractivity contribution in [2.45, 2.75) is 19.3 Å². The molecule has 0 bridgehead atoms. The van der Waals surface area contributed by atoms with E-state index in [4.69, 9.17) is 11.5 Å². The van der Waals surface area contributed by atoms with E-state index in [1.165, 1.54) is 0 Å². The molecule has 0 aliphatic carbocycles. The predicted octanol–water partition coefficient (Wildman–Crippen LogP) is 1.76. The van der Waals surface area contributed by atoms with Crippen LogP contribution < -0.4 is 11.5 Å². The van der Waals surface area contributed by atoms with Crippen LogP contribution in [0.1, 0.15) is 29.6 Å². The molecule has 2 rings (SSSR count). The lowest BCUT2D eigenvalue weighted by atomic mass is 9.93. The Morgan fingerprint density at radius 1 is 1.30 bits per heavy atom. The standard InChI is InChI=1S/C14H18BrN3O2/c15-10-1-2-11(12(16)8-10)14(20)18-5-3-9(4-6-18)7-13(17)19/h1-2,8-9H,3-7,16H2,(H2,17,19). The van der Waals surface area contributed by atoms with Crippen LogP contribution in [-0.2, 0) is 4.79 Å². The van der Waals surface area contributed by atoms with Gasteiger partial charge in [-0.3, -0.25) is 9.59 Å². The number of likely N-dealkylation sites (tertiary alicyclic amines) is 1. The fraction of sp³-hybridized carbons (Fsp3) is 0.429. The lowest BCUT2D eigenvalue weighted by Crippen LogP contribution is -2.39. The van der Waals surface area contributed by atoms with Crippen molar-refractivity contribution < 1.29 is 9.59 Å². The fourth-order valence-corrected chi connectivity index (χ4v) is 2.90. The molecule has 108 valence electrons. The van der Waals surface area contributed by atoms with Crippen LogP contribution >= 0.6 is 15.9 Å². The average Bonchev–Trinajstić information content (AvgIpc) is 2.38. The number of carbonyl (C=O) groups is 2. The molecule has 0 unspecified atom stereocenters. The van der Waals surface area contributed by atoms with Crippen molar-refractivity contribution in [3.8, 4) is 0 Å². The van der Waals surface area contributed by atoms with Gasteiger partial charge in [0.1, 0.15) is 0 Å². The van der Waals surface area contributed by atoms with Crippen LogP contribution in [0.15, 0.2) is 22.7 Å². The van der Waals surface area contributed by atoms with Gasteiger partial charge < -0.3 is 16.4 Å². The first-order chi connectivity index (χ1) is 9.47. The van der Waals surface area contributed by atoms with Gasteiger partial charge in [0.15, 0.2) is 0 Å². The summed E-state index contributed by atoms with van der Waals surface area (Å²) in [6.45, 7) is 1.29. The number of primary amides is 1. The molecule has 5 nitrogen and oxygen atoms in total. The topological polar surface area (TPSA) is 89.4 Å². The summed E-state index contributed by atoms with van der Waals surface area (Å²) in [5, 5.41) is 0. The van der Waals surface area contributed by atoms with E-state index < -0.39 is 0 Å². The molecule has 20 heavy (non-hydrogen) atoms. The Balaban J connectivity index is 1.99. The van der Waals surface area contributed by atoms with E-state index in [1.54, 1.807) is 17.0 Å². The molecule has 2 amide bonds. The maximum Gasteiger partial charge on any atom is 0.255 e.